The molecule has 3 heterocycles. The van der Waals surface area contributed by atoms with Crippen molar-refractivity contribution in [3.8, 4) is 0 Å². The molecule has 0 aromatic carbocycles. The van der Waals surface area contributed by atoms with Crippen LogP contribution in [0.3, 0.4) is 0 Å². The summed E-state index contributed by atoms with van der Waals surface area (Å²) in [4.78, 5) is 31.4. The Bertz CT molecular complexity index is 686. The number of nitrogens with zero attached hydrogens (tertiary/aromatic N) is 2. The first-order valence-corrected chi connectivity index (χ1v) is 10.1. The van der Waals surface area contributed by atoms with Gasteiger partial charge in [0.1, 0.15) is 5.03 Å². The second-order valence-corrected chi connectivity index (χ2v) is 7.98. The summed E-state index contributed by atoms with van der Waals surface area (Å²) < 4.78 is 0. The number of aromatic nitrogens is 1. The van der Waals surface area contributed by atoms with Crippen molar-refractivity contribution < 1.29 is 9.59 Å². The Kier molecular flexibility index (Phi) is 6.68. The van der Waals surface area contributed by atoms with E-state index in [1.807, 2.05) is 11.8 Å². The van der Waals surface area contributed by atoms with Crippen molar-refractivity contribution in [1.29, 1.82) is 0 Å². The van der Waals surface area contributed by atoms with Gasteiger partial charge >= 0.3 is 0 Å². The van der Waals surface area contributed by atoms with E-state index in [1.54, 1.807) is 18.3 Å². The van der Waals surface area contributed by atoms with Crippen LogP contribution >= 0.6 is 11.8 Å². The molecule has 7 heteroatoms. The molecule has 2 aliphatic heterocycles. The van der Waals surface area contributed by atoms with E-state index in [2.05, 4.69) is 21.7 Å². The van der Waals surface area contributed by atoms with Gasteiger partial charge in [-0.15, -0.1) is 0 Å². The minimum absolute atomic E-state index is 0.129. The standard InChI is InChI=1S/C19H26N4O2S/c1-14(19(25)23-11-2-3-12-23)26-18-16(5-4-8-21-18)17(24)22-13-15-6-9-20-10-7-15/h4-6,8,14,20H,2-3,7,9-13H2,1H3,(H,22,24). The fourth-order valence-corrected chi connectivity index (χ4v) is 4.18. The molecule has 26 heavy (non-hydrogen) atoms. The summed E-state index contributed by atoms with van der Waals surface area (Å²) in [5.74, 6) is -0.00905. The molecule has 2 aliphatic rings. The van der Waals surface area contributed by atoms with Crippen LogP contribution < -0.4 is 10.6 Å². The highest BCUT2D eigenvalue weighted by Crippen LogP contribution is 2.27. The summed E-state index contributed by atoms with van der Waals surface area (Å²) in [6.07, 6.45) is 6.90. The highest BCUT2D eigenvalue weighted by atomic mass is 32.2. The zero-order valence-electron chi connectivity index (χ0n) is 15.2. The number of rotatable bonds is 6. The molecule has 1 atom stereocenters. The Morgan fingerprint density at radius 1 is 1.38 bits per heavy atom. The molecule has 6 nitrogen and oxygen atoms in total. The summed E-state index contributed by atoms with van der Waals surface area (Å²) in [6, 6.07) is 3.53. The monoisotopic (exact) mass is 374 g/mol. The predicted molar refractivity (Wildman–Crippen MR) is 103 cm³/mol. The zero-order valence-corrected chi connectivity index (χ0v) is 16.0. The van der Waals surface area contributed by atoms with E-state index in [1.165, 1.54) is 17.3 Å². The zero-order chi connectivity index (χ0) is 18.4. The van der Waals surface area contributed by atoms with E-state index in [0.717, 1.165) is 45.4 Å². The van der Waals surface area contributed by atoms with Crippen molar-refractivity contribution in [2.45, 2.75) is 36.5 Å². The Labute approximate surface area is 158 Å². The van der Waals surface area contributed by atoms with Crippen molar-refractivity contribution in [3.63, 3.8) is 0 Å². The molecule has 3 rings (SSSR count). The third-order valence-corrected chi connectivity index (χ3v) is 5.81. The van der Waals surface area contributed by atoms with Gasteiger partial charge in [0.2, 0.25) is 5.91 Å². The minimum Gasteiger partial charge on any atom is -0.348 e. The van der Waals surface area contributed by atoms with Crippen molar-refractivity contribution in [3.05, 3.63) is 35.5 Å². The molecule has 2 amide bonds. The molecule has 0 radical (unpaired) electrons. The number of nitrogens with one attached hydrogen (secondary N) is 2. The van der Waals surface area contributed by atoms with Gasteiger partial charge in [0, 0.05) is 32.4 Å². The number of amides is 2. The summed E-state index contributed by atoms with van der Waals surface area (Å²) in [5, 5.41) is 6.61. The highest BCUT2D eigenvalue weighted by Gasteiger charge is 2.25. The van der Waals surface area contributed by atoms with Crippen LogP contribution in [0.25, 0.3) is 0 Å². The van der Waals surface area contributed by atoms with Crippen LogP contribution in [0.5, 0.6) is 0 Å². The lowest BCUT2D eigenvalue weighted by molar-refractivity contribution is -0.129. The molecule has 1 fully saturated rings. The number of carbonyl (C=O) groups is 2. The van der Waals surface area contributed by atoms with Crippen LogP contribution in [-0.4, -0.2) is 59.7 Å². The molecule has 0 saturated carbocycles. The molecule has 140 valence electrons. The van der Waals surface area contributed by atoms with Gasteiger partial charge in [-0.3, -0.25) is 9.59 Å². The maximum absolute atomic E-state index is 12.6. The SMILES string of the molecule is CC(Sc1ncccc1C(=O)NCC1=CCNCC1)C(=O)N1CCCC1. The Hall–Kier alpha value is -1.86. The number of likely N-dealkylation sites (tertiary alicyclic amines) is 1. The maximum atomic E-state index is 12.6. The summed E-state index contributed by atoms with van der Waals surface area (Å²) in [5.41, 5.74) is 1.78. The van der Waals surface area contributed by atoms with Gasteiger partial charge in [0.25, 0.3) is 5.91 Å². The first-order chi connectivity index (χ1) is 12.6. The Balaban J connectivity index is 1.62. The fraction of sp³-hybridized carbons (Fsp3) is 0.526. The third kappa shape index (κ3) is 4.86. The van der Waals surface area contributed by atoms with Crippen LogP contribution in [0.15, 0.2) is 35.0 Å². The largest absolute Gasteiger partial charge is 0.348 e. The second kappa shape index (κ2) is 9.19. The van der Waals surface area contributed by atoms with Crippen molar-refractivity contribution in [2.75, 3.05) is 32.7 Å². The summed E-state index contributed by atoms with van der Waals surface area (Å²) >= 11 is 1.37. The van der Waals surface area contributed by atoms with E-state index < -0.39 is 0 Å². The Morgan fingerprint density at radius 2 is 2.19 bits per heavy atom. The van der Waals surface area contributed by atoms with Gasteiger partial charge in [-0.25, -0.2) is 4.98 Å². The van der Waals surface area contributed by atoms with Crippen LogP contribution in [0.4, 0.5) is 0 Å². The molecule has 0 spiro atoms. The predicted octanol–water partition coefficient (Wildman–Crippen LogP) is 1.83. The average molecular weight is 375 g/mol. The van der Waals surface area contributed by atoms with Crippen LogP contribution in [0.1, 0.15) is 36.5 Å². The molecule has 1 aromatic heterocycles. The van der Waals surface area contributed by atoms with Crippen molar-refractivity contribution >= 4 is 23.6 Å². The maximum Gasteiger partial charge on any atom is 0.254 e. The molecule has 1 saturated heterocycles. The van der Waals surface area contributed by atoms with E-state index >= 15 is 0 Å². The third-order valence-electron chi connectivity index (χ3n) is 4.70. The Morgan fingerprint density at radius 3 is 2.92 bits per heavy atom. The van der Waals surface area contributed by atoms with E-state index in [0.29, 0.717) is 17.1 Å². The number of hydrogen-bond donors (Lipinski definition) is 2. The minimum atomic E-state index is -0.248. The fourth-order valence-electron chi connectivity index (χ4n) is 3.19. The van der Waals surface area contributed by atoms with Gasteiger partial charge in [0.15, 0.2) is 0 Å². The first-order valence-electron chi connectivity index (χ1n) is 9.22. The number of carbonyl (C=O) groups excluding carboxylic acids is 2. The van der Waals surface area contributed by atoms with Gasteiger partial charge in [-0.05, 0) is 44.9 Å². The highest BCUT2D eigenvalue weighted by molar-refractivity contribution is 8.00. The van der Waals surface area contributed by atoms with E-state index in [-0.39, 0.29) is 17.1 Å². The van der Waals surface area contributed by atoms with Gasteiger partial charge in [-0.1, -0.05) is 23.4 Å². The lowest BCUT2D eigenvalue weighted by Crippen LogP contribution is -2.34. The second-order valence-electron chi connectivity index (χ2n) is 6.65. The molecule has 0 bridgehead atoms. The molecule has 2 N–H and O–H groups in total. The first kappa shape index (κ1) is 18.9. The molecule has 1 aromatic rings. The van der Waals surface area contributed by atoms with Crippen LogP contribution in [-0.2, 0) is 4.79 Å². The average Bonchev–Trinajstić information content (AvgIpc) is 3.21. The van der Waals surface area contributed by atoms with Gasteiger partial charge < -0.3 is 15.5 Å². The molecular formula is C19H26N4O2S. The lowest BCUT2D eigenvalue weighted by Gasteiger charge is -2.20. The lowest BCUT2D eigenvalue weighted by atomic mass is 10.1. The topological polar surface area (TPSA) is 74.3 Å². The quantitative estimate of drug-likeness (QED) is 0.587. The van der Waals surface area contributed by atoms with Crippen molar-refractivity contribution in [2.24, 2.45) is 0 Å². The van der Waals surface area contributed by atoms with Gasteiger partial charge in [0.05, 0.1) is 10.8 Å². The summed E-state index contributed by atoms with van der Waals surface area (Å²) in [7, 11) is 0. The summed E-state index contributed by atoms with van der Waals surface area (Å²) in [6.45, 7) is 5.93. The smallest absolute Gasteiger partial charge is 0.254 e. The van der Waals surface area contributed by atoms with Crippen LogP contribution in [0.2, 0.25) is 0 Å². The van der Waals surface area contributed by atoms with Crippen LogP contribution in [0, 0.1) is 0 Å². The number of thioether (sulfide) groups is 1. The normalized spacial score (nSPS) is 18.3. The molecule has 1 unspecified atom stereocenters. The van der Waals surface area contributed by atoms with E-state index in [4.69, 9.17) is 0 Å². The van der Waals surface area contributed by atoms with E-state index in [9.17, 15) is 9.59 Å². The molecular weight excluding hydrogens is 348 g/mol. The number of hydrogen-bond acceptors (Lipinski definition) is 5. The van der Waals surface area contributed by atoms with Crippen molar-refractivity contribution in [1.82, 2.24) is 20.5 Å². The molecule has 0 aliphatic carbocycles. The van der Waals surface area contributed by atoms with Gasteiger partial charge in [-0.2, -0.15) is 0 Å². The number of pyridine rings is 1.